The number of furan rings is 1. The van der Waals surface area contributed by atoms with E-state index in [-0.39, 0.29) is 0 Å². The molecule has 140 valence electrons. The van der Waals surface area contributed by atoms with Crippen LogP contribution in [-0.4, -0.2) is 30.3 Å². The molecule has 2 aromatic rings. The summed E-state index contributed by atoms with van der Waals surface area (Å²) in [5.41, 5.74) is -0.582. The van der Waals surface area contributed by atoms with Crippen molar-refractivity contribution in [2.24, 2.45) is 11.0 Å². The number of rotatable bonds is 5. The maximum absolute atomic E-state index is 12.9. The monoisotopic (exact) mass is 367 g/mol. The number of urea groups is 1. The van der Waals surface area contributed by atoms with Gasteiger partial charge in [0, 0.05) is 5.92 Å². The van der Waals surface area contributed by atoms with Crippen LogP contribution >= 0.6 is 0 Å². The van der Waals surface area contributed by atoms with Crippen molar-refractivity contribution in [3.05, 3.63) is 53.5 Å². The van der Waals surface area contributed by atoms with Crippen molar-refractivity contribution in [3.8, 4) is 5.75 Å². The van der Waals surface area contributed by atoms with Crippen LogP contribution in [0.15, 0.2) is 45.9 Å². The van der Waals surface area contributed by atoms with E-state index in [4.69, 9.17) is 9.15 Å². The number of benzene rings is 1. The smallest absolute Gasteiger partial charge is 0.346 e. The zero-order chi connectivity index (χ0) is 19.2. The number of imide groups is 1. The first kappa shape index (κ1) is 17.3. The summed E-state index contributed by atoms with van der Waals surface area (Å²) in [5.74, 6) is 2.67. The summed E-state index contributed by atoms with van der Waals surface area (Å²) >= 11 is 0. The fourth-order valence-electron chi connectivity index (χ4n) is 3.33. The second-order valence-electron chi connectivity index (χ2n) is 7.21. The largest absolute Gasteiger partial charge is 0.497 e. The summed E-state index contributed by atoms with van der Waals surface area (Å²) in [6.45, 7) is 3.82. The zero-order valence-electron chi connectivity index (χ0n) is 15.4. The number of hydrogen-bond acceptors (Lipinski definition) is 5. The van der Waals surface area contributed by atoms with Gasteiger partial charge in [0.2, 0.25) is 0 Å². The maximum Gasteiger partial charge on any atom is 0.346 e. The molecule has 0 radical (unpaired) electrons. The van der Waals surface area contributed by atoms with Crippen LogP contribution < -0.4 is 10.1 Å². The van der Waals surface area contributed by atoms with Crippen LogP contribution in [0.1, 0.15) is 43.3 Å². The molecule has 4 rings (SSSR count). The second-order valence-corrected chi connectivity index (χ2v) is 7.21. The Labute approximate surface area is 157 Å². The molecule has 7 heteroatoms. The van der Waals surface area contributed by atoms with E-state index in [0.717, 1.165) is 17.2 Å². The summed E-state index contributed by atoms with van der Waals surface area (Å²) in [5, 5.41) is 7.60. The lowest BCUT2D eigenvalue weighted by Crippen LogP contribution is -2.40. The van der Waals surface area contributed by atoms with Crippen LogP contribution in [0.25, 0.3) is 0 Å². The lowest BCUT2D eigenvalue weighted by atomic mass is 9.92. The number of methoxy groups -OCH3 is 1. The van der Waals surface area contributed by atoms with Gasteiger partial charge in [-0.3, -0.25) is 4.79 Å². The Balaban J connectivity index is 1.54. The molecule has 27 heavy (non-hydrogen) atoms. The van der Waals surface area contributed by atoms with E-state index >= 15 is 0 Å². The van der Waals surface area contributed by atoms with Crippen molar-refractivity contribution >= 4 is 18.2 Å². The van der Waals surface area contributed by atoms with Crippen molar-refractivity contribution < 1.29 is 18.7 Å². The van der Waals surface area contributed by atoms with Crippen LogP contribution in [-0.2, 0) is 10.3 Å². The number of carbonyl (C=O) groups is 2. The molecule has 2 heterocycles. The fraction of sp³-hybridized carbons (Fsp3) is 0.350. The first-order valence-corrected chi connectivity index (χ1v) is 8.87. The van der Waals surface area contributed by atoms with Crippen molar-refractivity contribution in [1.29, 1.82) is 0 Å². The first-order valence-electron chi connectivity index (χ1n) is 8.87. The maximum atomic E-state index is 12.9. The molecule has 0 spiro atoms. The molecule has 1 aliphatic heterocycles. The summed E-state index contributed by atoms with van der Waals surface area (Å²) in [7, 11) is 1.55. The van der Waals surface area contributed by atoms with Gasteiger partial charge in [-0.1, -0.05) is 19.1 Å². The van der Waals surface area contributed by atoms with Gasteiger partial charge in [0.05, 0.1) is 13.3 Å². The fourth-order valence-corrected chi connectivity index (χ4v) is 3.33. The molecule has 2 fully saturated rings. The van der Waals surface area contributed by atoms with E-state index in [1.54, 1.807) is 44.4 Å². The Morgan fingerprint density at radius 3 is 2.81 bits per heavy atom. The number of hydrazone groups is 1. The molecule has 1 N–H and O–H groups in total. The molecule has 1 saturated carbocycles. The minimum absolute atomic E-state index is 0.459. The molecule has 1 aromatic carbocycles. The third-order valence-electron chi connectivity index (χ3n) is 5.24. The van der Waals surface area contributed by atoms with Gasteiger partial charge >= 0.3 is 6.03 Å². The number of nitrogens with one attached hydrogen (secondary N) is 1. The Hall–Kier alpha value is -3.09. The Kier molecular flexibility index (Phi) is 4.02. The molecule has 1 aromatic heterocycles. The van der Waals surface area contributed by atoms with E-state index in [1.807, 2.05) is 6.07 Å². The molecule has 3 atom stereocenters. The Bertz CT molecular complexity index is 935. The van der Waals surface area contributed by atoms with E-state index < -0.39 is 17.5 Å². The van der Waals surface area contributed by atoms with Crippen LogP contribution in [0.2, 0.25) is 0 Å². The number of amides is 3. The SMILES string of the molecule is COc1cccc([C@@]2(C)NC(=O)N(/N=C\c3ccc([C@@H]4C[C@@H]4C)o3)C2=O)c1. The van der Waals surface area contributed by atoms with E-state index in [2.05, 4.69) is 17.3 Å². The molecule has 0 bridgehead atoms. The van der Waals surface area contributed by atoms with Crippen LogP contribution in [0.4, 0.5) is 4.79 Å². The average molecular weight is 367 g/mol. The number of nitrogens with zero attached hydrogens (tertiary/aromatic N) is 2. The van der Waals surface area contributed by atoms with Crippen LogP contribution in [0.5, 0.6) is 5.75 Å². The van der Waals surface area contributed by atoms with Gasteiger partial charge < -0.3 is 14.5 Å². The van der Waals surface area contributed by atoms with Crippen molar-refractivity contribution in [2.75, 3.05) is 7.11 Å². The highest BCUT2D eigenvalue weighted by Crippen LogP contribution is 2.47. The standard InChI is InChI=1S/C20H21N3O4/c1-12-9-16(12)17-8-7-15(27-17)11-21-23-18(24)20(2,22-19(23)25)13-5-4-6-14(10-13)26-3/h4-8,10-12,16H,9H2,1-3H3,(H,22,25)/b21-11-/t12-,16+,20+/m0/s1. The Morgan fingerprint density at radius 1 is 1.33 bits per heavy atom. The molecular weight excluding hydrogens is 346 g/mol. The quantitative estimate of drug-likeness (QED) is 0.650. The summed E-state index contributed by atoms with van der Waals surface area (Å²) in [4.78, 5) is 25.2. The number of carbonyl (C=O) groups excluding carboxylic acids is 2. The topological polar surface area (TPSA) is 84.1 Å². The molecule has 1 aliphatic carbocycles. The van der Waals surface area contributed by atoms with Gasteiger partial charge in [0.25, 0.3) is 5.91 Å². The number of hydrogen-bond donors (Lipinski definition) is 1. The van der Waals surface area contributed by atoms with E-state index in [1.165, 1.54) is 6.21 Å². The van der Waals surface area contributed by atoms with Crippen molar-refractivity contribution in [2.45, 2.75) is 31.7 Å². The van der Waals surface area contributed by atoms with Crippen molar-refractivity contribution in [1.82, 2.24) is 10.3 Å². The third kappa shape index (κ3) is 2.99. The van der Waals surface area contributed by atoms with Gasteiger partial charge in [-0.25, -0.2) is 4.79 Å². The average Bonchev–Trinajstić information content (AvgIpc) is 3.12. The van der Waals surface area contributed by atoms with E-state index in [9.17, 15) is 9.59 Å². The lowest BCUT2D eigenvalue weighted by molar-refractivity contribution is -0.131. The summed E-state index contributed by atoms with van der Waals surface area (Å²) < 4.78 is 10.9. The molecular formula is C20H21N3O4. The highest BCUT2D eigenvalue weighted by atomic mass is 16.5. The van der Waals surface area contributed by atoms with Gasteiger partial charge in [-0.2, -0.15) is 5.10 Å². The summed E-state index contributed by atoms with van der Waals surface area (Å²) in [6.07, 6.45) is 2.52. The van der Waals surface area contributed by atoms with E-state index in [0.29, 0.717) is 28.9 Å². The van der Waals surface area contributed by atoms with Crippen LogP contribution in [0.3, 0.4) is 0 Å². The van der Waals surface area contributed by atoms with Gasteiger partial charge in [0.15, 0.2) is 0 Å². The van der Waals surface area contributed by atoms with Crippen LogP contribution in [0, 0.1) is 5.92 Å². The predicted molar refractivity (Wildman–Crippen MR) is 98.5 cm³/mol. The number of ether oxygens (including phenoxy) is 1. The molecule has 0 unspecified atom stereocenters. The molecule has 7 nitrogen and oxygen atoms in total. The normalized spacial score (nSPS) is 27.3. The highest BCUT2D eigenvalue weighted by Gasteiger charge is 2.49. The lowest BCUT2D eigenvalue weighted by Gasteiger charge is -2.21. The zero-order valence-corrected chi connectivity index (χ0v) is 15.4. The first-order chi connectivity index (χ1) is 12.9. The van der Waals surface area contributed by atoms with Gasteiger partial charge in [-0.15, -0.1) is 5.01 Å². The predicted octanol–water partition coefficient (Wildman–Crippen LogP) is 3.21. The minimum Gasteiger partial charge on any atom is -0.497 e. The van der Waals surface area contributed by atoms with Crippen molar-refractivity contribution in [3.63, 3.8) is 0 Å². The summed E-state index contributed by atoms with van der Waals surface area (Å²) in [6, 6.07) is 10.2. The van der Waals surface area contributed by atoms with Gasteiger partial charge in [-0.05, 0) is 49.1 Å². The third-order valence-corrected chi connectivity index (χ3v) is 5.24. The molecule has 1 saturated heterocycles. The molecule has 3 amide bonds. The van der Waals surface area contributed by atoms with Gasteiger partial charge in [0.1, 0.15) is 22.8 Å². The highest BCUT2D eigenvalue weighted by molar-refractivity contribution is 6.07. The minimum atomic E-state index is -1.21. The Morgan fingerprint density at radius 2 is 2.11 bits per heavy atom. The molecule has 2 aliphatic rings. The second kappa shape index (κ2) is 6.26.